The molecule has 152 valence electrons. The first-order valence-corrected chi connectivity index (χ1v) is 9.46. The molecule has 0 bridgehead atoms. The molecule has 1 N–H and O–H groups in total. The van der Waals surface area contributed by atoms with Crippen molar-refractivity contribution in [3.63, 3.8) is 0 Å². The second-order valence-corrected chi connectivity index (χ2v) is 6.81. The first-order valence-electron chi connectivity index (χ1n) is 9.46. The number of aromatic nitrogens is 2. The highest BCUT2D eigenvalue weighted by Crippen LogP contribution is 2.19. The Morgan fingerprint density at radius 1 is 1.03 bits per heavy atom. The molecule has 1 amide bonds. The van der Waals surface area contributed by atoms with E-state index in [-0.39, 0.29) is 12.3 Å². The summed E-state index contributed by atoms with van der Waals surface area (Å²) in [6.45, 7) is 0.301. The van der Waals surface area contributed by atoms with Crippen molar-refractivity contribution in [2.45, 2.75) is 19.4 Å². The molecular formula is C23H19F2N3O2. The van der Waals surface area contributed by atoms with Crippen molar-refractivity contribution in [1.29, 1.82) is 0 Å². The molecule has 0 aliphatic heterocycles. The van der Waals surface area contributed by atoms with Crippen LogP contribution in [0.25, 0.3) is 5.65 Å². The van der Waals surface area contributed by atoms with E-state index in [1.165, 1.54) is 6.07 Å². The van der Waals surface area contributed by atoms with Crippen molar-refractivity contribution in [1.82, 2.24) is 9.38 Å². The highest BCUT2D eigenvalue weighted by atomic mass is 19.2. The van der Waals surface area contributed by atoms with E-state index in [4.69, 9.17) is 4.74 Å². The lowest BCUT2D eigenvalue weighted by atomic mass is 10.1. The van der Waals surface area contributed by atoms with E-state index < -0.39 is 11.6 Å². The third kappa shape index (κ3) is 4.81. The number of pyridine rings is 1. The normalized spacial score (nSPS) is 10.9. The summed E-state index contributed by atoms with van der Waals surface area (Å²) in [6, 6.07) is 16.5. The molecule has 0 fully saturated rings. The molecule has 2 aromatic heterocycles. The lowest BCUT2D eigenvalue weighted by Crippen LogP contribution is -2.12. The standard InChI is InChI=1S/C23H19F2N3O2/c24-20-9-7-16(12-21(20)25)8-10-23(29)27-17-4-3-5-19(13-17)30-15-18-14-28-11-2-1-6-22(28)26-18/h1-7,9,11-14H,8,10,15H2,(H,27,29). The van der Waals surface area contributed by atoms with Crippen molar-refractivity contribution < 1.29 is 18.3 Å². The molecule has 0 unspecified atom stereocenters. The zero-order valence-electron chi connectivity index (χ0n) is 16.0. The molecule has 0 spiro atoms. The fraction of sp³-hybridized carbons (Fsp3) is 0.130. The molecule has 5 nitrogen and oxygen atoms in total. The second-order valence-electron chi connectivity index (χ2n) is 6.81. The van der Waals surface area contributed by atoms with Gasteiger partial charge in [-0.1, -0.05) is 18.2 Å². The Morgan fingerprint density at radius 2 is 1.93 bits per heavy atom. The van der Waals surface area contributed by atoms with Crippen LogP contribution in [-0.4, -0.2) is 15.3 Å². The number of hydrogen-bond acceptors (Lipinski definition) is 3. The number of carbonyl (C=O) groups is 1. The number of fused-ring (bicyclic) bond motifs is 1. The Balaban J connectivity index is 1.32. The number of anilines is 1. The number of hydrogen-bond donors (Lipinski definition) is 1. The van der Waals surface area contributed by atoms with Gasteiger partial charge in [-0.2, -0.15) is 0 Å². The molecule has 30 heavy (non-hydrogen) atoms. The molecule has 2 heterocycles. The lowest BCUT2D eigenvalue weighted by molar-refractivity contribution is -0.116. The van der Waals surface area contributed by atoms with Crippen molar-refractivity contribution in [2.75, 3.05) is 5.32 Å². The van der Waals surface area contributed by atoms with Crippen LogP contribution in [0.5, 0.6) is 5.75 Å². The minimum absolute atomic E-state index is 0.150. The largest absolute Gasteiger partial charge is 0.487 e. The van der Waals surface area contributed by atoms with Crippen LogP contribution in [0.2, 0.25) is 0 Å². The molecule has 0 aliphatic carbocycles. The highest BCUT2D eigenvalue weighted by Gasteiger charge is 2.08. The van der Waals surface area contributed by atoms with Crippen LogP contribution < -0.4 is 10.1 Å². The molecule has 4 rings (SSSR count). The smallest absolute Gasteiger partial charge is 0.224 e. The first kappa shape index (κ1) is 19.6. The van der Waals surface area contributed by atoms with Gasteiger partial charge in [0.2, 0.25) is 5.91 Å². The topological polar surface area (TPSA) is 55.6 Å². The highest BCUT2D eigenvalue weighted by molar-refractivity contribution is 5.91. The number of benzene rings is 2. The van der Waals surface area contributed by atoms with Crippen molar-refractivity contribution in [3.8, 4) is 5.75 Å². The van der Waals surface area contributed by atoms with Gasteiger partial charge in [0.15, 0.2) is 11.6 Å². The Hall–Kier alpha value is -3.74. The van der Waals surface area contributed by atoms with Crippen LogP contribution in [0.1, 0.15) is 17.7 Å². The second kappa shape index (κ2) is 8.73. The van der Waals surface area contributed by atoms with Gasteiger partial charge in [0, 0.05) is 30.6 Å². The minimum Gasteiger partial charge on any atom is -0.487 e. The number of ether oxygens (including phenoxy) is 1. The molecule has 0 saturated heterocycles. The maximum absolute atomic E-state index is 13.3. The Bertz CT molecular complexity index is 1160. The number of rotatable bonds is 7. The van der Waals surface area contributed by atoms with E-state index >= 15 is 0 Å². The summed E-state index contributed by atoms with van der Waals surface area (Å²) in [5.74, 6) is -1.44. The zero-order chi connectivity index (χ0) is 20.9. The maximum Gasteiger partial charge on any atom is 0.224 e. The predicted molar refractivity (Wildman–Crippen MR) is 109 cm³/mol. The van der Waals surface area contributed by atoms with E-state index in [0.29, 0.717) is 30.0 Å². The summed E-state index contributed by atoms with van der Waals surface area (Å²) in [5, 5.41) is 2.79. The maximum atomic E-state index is 13.3. The predicted octanol–water partition coefficient (Wildman–Crippen LogP) is 4.76. The molecule has 0 saturated carbocycles. The van der Waals surface area contributed by atoms with Crippen LogP contribution >= 0.6 is 0 Å². The number of halogens is 2. The van der Waals surface area contributed by atoms with E-state index in [2.05, 4.69) is 10.3 Å². The average molecular weight is 407 g/mol. The molecule has 0 atom stereocenters. The van der Waals surface area contributed by atoms with E-state index in [0.717, 1.165) is 23.5 Å². The summed E-state index contributed by atoms with van der Waals surface area (Å²) in [6.07, 6.45) is 4.28. The minimum atomic E-state index is -0.914. The van der Waals surface area contributed by atoms with Crippen molar-refractivity contribution in [3.05, 3.63) is 95.9 Å². The van der Waals surface area contributed by atoms with E-state index in [9.17, 15) is 13.6 Å². The van der Waals surface area contributed by atoms with Gasteiger partial charge >= 0.3 is 0 Å². The molecular weight excluding hydrogens is 388 g/mol. The van der Waals surface area contributed by atoms with Crippen LogP contribution in [0.4, 0.5) is 14.5 Å². The van der Waals surface area contributed by atoms with Gasteiger partial charge in [0.25, 0.3) is 0 Å². The van der Waals surface area contributed by atoms with E-state index in [1.54, 1.807) is 24.3 Å². The number of imidazole rings is 1. The summed E-state index contributed by atoms with van der Waals surface area (Å²) in [7, 11) is 0. The number of aryl methyl sites for hydroxylation is 1. The van der Waals surface area contributed by atoms with Crippen LogP contribution in [0, 0.1) is 11.6 Å². The molecule has 0 aliphatic rings. The van der Waals surface area contributed by atoms with E-state index in [1.807, 2.05) is 35.0 Å². The fourth-order valence-electron chi connectivity index (χ4n) is 3.05. The van der Waals surface area contributed by atoms with Crippen LogP contribution in [0.3, 0.4) is 0 Å². The fourth-order valence-corrected chi connectivity index (χ4v) is 3.05. The molecule has 4 aromatic rings. The number of amides is 1. The third-order valence-corrected chi connectivity index (χ3v) is 4.54. The first-order chi connectivity index (χ1) is 14.6. The summed E-state index contributed by atoms with van der Waals surface area (Å²) < 4.78 is 33.9. The summed E-state index contributed by atoms with van der Waals surface area (Å²) in [4.78, 5) is 16.7. The Morgan fingerprint density at radius 3 is 2.77 bits per heavy atom. The van der Waals surface area contributed by atoms with Gasteiger partial charge in [-0.15, -0.1) is 0 Å². The van der Waals surface area contributed by atoms with Gasteiger partial charge in [-0.05, 0) is 48.4 Å². The Labute approximate surface area is 171 Å². The van der Waals surface area contributed by atoms with Crippen molar-refractivity contribution >= 4 is 17.2 Å². The molecule has 2 aromatic carbocycles. The van der Waals surface area contributed by atoms with Crippen LogP contribution in [0.15, 0.2) is 73.1 Å². The lowest BCUT2D eigenvalue weighted by Gasteiger charge is -2.09. The molecule has 0 radical (unpaired) electrons. The SMILES string of the molecule is O=C(CCc1ccc(F)c(F)c1)Nc1cccc(OCc2cn3ccccc3n2)c1. The van der Waals surface area contributed by atoms with Gasteiger partial charge in [0.1, 0.15) is 18.0 Å². The third-order valence-electron chi connectivity index (χ3n) is 4.54. The number of nitrogens with one attached hydrogen (secondary N) is 1. The quantitative estimate of drug-likeness (QED) is 0.480. The van der Waals surface area contributed by atoms with Gasteiger partial charge < -0.3 is 14.5 Å². The van der Waals surface area contributed by atoms with Gasteiger partial charge in [-0.3, -0.25) is 4.79 Å². The van der Waals surface area contributed by atoms with Crippen LogP contribution in [-0.2, 0) is 17.8 Å². The number of carbonyl (C=O) groups excluding carboxylic acids is 1. The monoisotopic (exact) mass is 407 g/mol. The summed E-state index contributed by atoms with van der Waals surface area (Å²) in [5.41, 5.74) is 2.80. The Kier molecular flexibility index (Phi) is 5.70. The number of nitrogens with zero attached hydrogens (tertiary/aromatic N) is 2. The van der Waals surface area contributed by atoms with Crippen molar-refractivity contribution in [2.24, 2.45) is 0 Å². The summed E-state index contributed by atoms with van der Waals surface area (Å²) >= 11 is 0. The van der Waals surface area contributed by atoms with Gasteiger partial charge in [-0.25, -0.2) is 13.8 Å². The van der Waals surface area contributed by atoms with Gasteiger partial charge in [0.05, 0.1) is 5.69 Å². The zero-order valence-corrected chi connectivity index (χ0v) is 16.0. The average Bonchev–Trinajstić information content (AvgIpc) is 3.16. The molecule has 7 heteroatoms.